The Kier molecular flexibility index (Phi) is 6.43. The molecule has 0 saturated heterocycles. The Morgan fingerprint density at radius 2 is 1.71 bits per heavy atom. The van der Waals surface area contributed by atoms with Crippen molar-refractivity contribution in [2.24, 2.45) is 5.41 Å². The predicted molar refractivity (Wildman–Crippen MR) is 65.7 cm³/mol. The van der Waals surface area contributed by atoms with Crippen molar-refractivity contribution in [2.75, 3.05) is 13.6 Å². The molecule has 1 nitrogen and oxygen atoms in total. The molecule has 0 aliphatic rings. The monoisotopic (exact) mass is 199 g/mol. The van der Waals surface area contributed by atoms with Crippen LogP contribution >= 0.6 is 0 Å². The quantitative estimate of drug-likeness (QED) is 0.600. The molecule has 0 spiro atoms. The van der Waals surface area contributed by atoms with Gasteiger partial charge in [-0.3, -0.25) is 0 Å². The molecule has 0 fully saturated rings. The summed E-state index contributed by atoms with van der Waals surface area (Å²) in [6, 6.07) is 0.678. The second kappa shape index (κ2) is 6.44. The Balaban J connectivity index is 3.74. The van der Waals surface area contributed by atoms with E-state index in [0.717, 1.165) is 0 Å². The molecule has 0 saturated carbocycles. The molecule has 0 heterocycles. The highest BCUT2D eigenvalue weighted by Gasteiger charge is 2.17. The van der Waals surface area contributed by atoms with Crippen molar-refractivity contribution in [3.05, 3.63) is 0 Å². The maximum Gasteiger partial charge on any atom is 0.00355 e. The molecule has 0 atom stereocenters. The predicted octanol–water partition coefficient (Wildman–Crippen LogP) is 3.93. The normalized spacial score (nSPS) is 12.9. The molecule has 14 heavy (non-hydrogen) atoms. The summed E-state index contributed by atoms with van der Waals surface area (Å²) in [7, 11) is 2.22. The minimum atomic E-state index is 0.527. The molecule has 0 aliphatic heterocycles. The average Bonchev–Trinajstić information content (AvgIpc) is 2.11. The van der Waals surface area contributed by atoms with Gasteiger partial charge in [0, 0.05) is 6.04 Å². The Hall–Kier alpha value is -0.0400. The molecule has 1 heteroatoms. The number of rotatable bonds is 7. The lowest BCUT2D eigenvalue weighted by molar-refractivity contribution is 0.206. The molecule has 0 radical (unpaired) electrons. The van der Waals surface area contributed by atoms with E-state index >= 15 is 0 Å². The molecule has 0 amide bonds. The Morgan fingerprint density at radius 3 is 2.14 bits per heavy atom. The third kappa shape index (κ3) is 6.42. The first kappa shape index (κ1) is 14.0. The second-order valence-corrected chi connectivity index (χ2v) is 5.59. The Bertz CT molecular complexity index is 138. The van der Waals surface area contributed by atoms with E-state index in [1.165, 1.54) is 32.2 Å². The topological polar surface area (TPSA) is 3.24 Å². The number of hydrogen-bond donors (Lipinski definition) is 0. The van der Waals surface area contributed by atoms with Gasteiger partial charge in [-0.15, -0.1) is 0 Å². The van der Waals surface area contributed by atoms with Crippen LogP contribution in [0.4, 0.5) is 0 Å². The van der Waals surface area contributed by atoms with Crippen LogP contribution in [0.5, 0.6) is 0 Å². The highest BCUT2D eigenvalue weighted by molar-refractivity contribution is 4.71. The lowest BCUT2D eigenvalue weighted by Crippen LogP contribution is -2.30. The molecule has 0 N–H and O–H groups in total. The van der Waals surface area contributed by atoms with Crippen LogP contribution in [0.25, 0.3) is 0 Å². The minimum Gasteiger partial charge on any atom is -0.304 e. The van der Waals surface area contributed by atoms with E-state index in [0.29, 0.717) is 11.5 Å². The molecular weight excluding hydrogens is 170 g/mol. The van der Waals surface area contributed by atoms with Gasteiger partial charge in [0.25, 0.3) is 0 Å². The molecular formula is C13H29N. The van der Waals surface area contributed by atoms with Crippen molar-refractivity contribution in [3.63, 3.8) is 0 Å². The minimum absolute atomic E-state index is 0.527. The fourth-order valence-corrected chi connectivity index (χ4v) is 1.52. The van der Waals surface area contributed by atoms with Gasteiger partial charge in [0.2, 0.25) is 0 Å². The fraction of sp³-hybridized carbons (Fsp3) is 1.00. The van der Waals surface area contributed by atoms with Crippen molar-refractivity contribution in [1.82, 2.24) is 4.90 Å². The standard InChI is InChI=1S/C13H29N/c1-7-8-9-13(4,5)10-11-14(6)12(2)3/h12H,7-11H2,1-6H3. The third-order valence-corrected chi connectivity index (χ3v) is 3.23. The van der Waals surface area contributed by atoms with E-state index in [4.69, 9.17) is 0 Å². The summed E-state index contributed by atoms with van der Waals surface area (Å²) in [5.41, 5.74) is 0.527. The zero-order valence-corrected chi connectivity index (χ0v) is 11.1. The van der Waals surface area contributed by atoms with Crippen LogP contribution < -0.4 is 0 Å². The van der Waals surface area contributed by atoms with E-state index in [9.17, 15) is 0 Å². The van der Waals surface area contributed by atoms with Gasteiger partial charge >= 0.3 is 0 Å². The molecule has 0 rings (SSSR count). The summed E-state index contributed by atoms with van der Waals surface area (Å²) >= 11 is 0. The van der Waals surface area contributed by atoms with Gasteiger partial charge in [0.15, 0.2) is 0 Å². The largest absolute Gasteiger partial charge is 0.304 e. The Morgan fingerprint density at radius 1 is 1.14 bits per heavy atom. The zero-order valence-electron chi connectivity index (χ0n) is 11.1. The SMILES string of the molecule is CCCCC(C)(C)CCN(C)C(C)C. The van der Waals surface area contributed by atoms with Crippen LogP contribution in [0.2, 0.25) is 0 Å². The first-order valence-electron chi connectivity index (χ1n) is 6.09. The smallest absolute Gasteiger partial charge is 0.00355 e. The molecule has 0 aliphatic carbocycles. The number of nitrogens with zero attached hydrogens (tertiary/aromatic N) is 1. The van der Waals surface area contributed by atoms with E-state index in [1.807, 2.05) is 0 Å². The molecule has 0 aromatic carbocycles. The van der Waals surface area contributed by atoms with Crippen molar-refractivity contribution >= 4 is 0 Å². The molecule has 0 unspecified atom stereocenters. The van der Waals surface area contributed by atoms with Crippen molar-refractivity contribution < 1.29 is 0 Å². The van der Waals surface area contributed by atoms with E-state index < -0.39 is 0 Å². The van der Waals surface area contributed by atoms with Crippen molar-refractivity contribution in [1.29, 1.82) is 0 Å². The summed E-state index contributed by atoms with van der Waals surface area (Å²) in [6.07, 6.45) is 5.39. The van der Waals surface area contributed by atoms with Crippen LogP contribution in [-0.2, 0) is 0 Å². The van der Waals surface area contributed by atoms with Crippen LogP contribution in [0.15, 0.2) is 0 Å². The third-order valence-electron chi connectivity index (χ3n) is 3.23. The fourth-order valence-electron chi connectivity index (χ4n) is 1.52. The lowest BCUT2D eigenvalue weighted by Gasteiger charge is -2.29. The second-order valence-electron chi connectivity index (χ2n) is 5.59. The summed E-state index contributed by atoms with van der Waals surface area (Å²) in [6.45, 7) is 12.8. The Labute approximate surface area is 90.9 Å². The summed E-state index contributed by atoms with van der Waals surface area (Å²) in [5, 5.41) is 0. The highest BCUT2D eigenvalue weighted by Crippen LogP contribution is 2.27. The number of unbranched alkanes of at least 4 members (excludes halogenated alkanes) is 1. The summed E-state index contributed by atoms with van der Waals surface area (Å²) < 4.78 is 0. The highest BCUT2D eigenvalue weighted by atomic mass is 15.1. The summed E-state index contributed by atoms with van der Waals surface area (Å²) in [5.74, 6) is 0. The van der Waals surface area contributed by atoms with Crippen LogP contribution in [0.1, 0.15) is 60.3 Å². The van der Waals surface area contributed by atoms with Gasteiger partial charge in [-0.1, -0.05) is 33.6 Å². The van der Waals surface area contributed by atoms with Gasteiger partial charge in [-0.05, 0) is 45.7 Å². The van der Waals surface area contributed by atoms with Gasteiger partial charge in [-0.25, -0.2) is 0 Å². The van der Waals surface area contributed by atoms with E-state index in [2.05, 4.69) is 46.6 Å². The van der Waals surface area contributed by atoms with Gasteiger partial charge in [-0.2, -0.15) is 0 Å². The van der Waals surface area contributed by atoms with Crippen LogP contribution in [0.3, 0.4) is 0 Å². The van der Waals surface area contributed by atoms with Crippen molar-refractivity contribution in [2.45, 2.75) is 66.3 Å². The van der Waals surface area contributed by atoms with E-state index in [-0.39, 0.29) is 0 Å². The van der Waals surface area contributed by atoms with Crippen molar-refractivity contribution in [3.8, 4) is 0 Å². The van der Waals surface area contributed by atoms with E-state index in [1.54, 1.807) is 0 Å². The van der Waals surface area contributed by atoms with Gasteiger partial charge in [0.1, 0.15) is 0 Å². The zero-order chi connectivity index (χ0) is 11.2. The molecule has 0 bridgehead atoms. The molecule has 86 valence electrons. The first-order chi connectivity index (χ1) is 6.39. The van der Waals surface area contributed by atoms with Crippen LogP contribution in [-0.4, -0.2) is 24.5 Å². The molecule has 0 aromatic rings. The first-order valence-corrected chi connectivity index (χ1v) is 6.09. The van der Waals surface area contributed by atoms with Crippen LogP contribution in [0, 0.1) is 5.41 Å². The number of hydrogen-bond acceptors (Lipinski definition) is 1. The average molecular weight is 199 g/mol. The van der Waals surface area contributed by atoms with Gasteiger partial charge in [0.05, 0.1) is 0 Å². The summed E-state index contributed by atoms with van der Waals surface area (Å²) in [4.78, 5) is 2.44. The maximum atomic E-state index is 2.44. The lowest BCUT2D eigenvalue weighted by atomic mass is 9.84. The molecule has 0 aromatic heterocycles. The van der Waals surface area contributed by atoms with Gasteiger partial charge < -0.3 is 4.90 Å². The maximum absolute atomic E-state index is 2.44.